The molecule has 1 rings (SSSR count). The normalized spacial score (nSPS) is 13.4. The van der Waals surface area contributed by atoms with E-state index in [1.54, 1.807) is 6.92 Å². The Bertz CT molecular complexity index is 602. The molecule has 0 bridgehead atoms. The Morgan fingerprint density at radius 3 is 2.65 bits per heavy atom. The van der Waals surface area contributed by atoms with E-state index in [1.807, 2.05) is 0 Å². The molecule has 0 spiro atoms. The molecule has 0 fully saturated rings. The van der Waals surface area contributed by atoms with E-state index in [2.05, 4.69) is 4.98 Å². The Labute approximate surface area is 114 Å². The van der Waals surface area contributed by atoms with Crippen molar-refractivity contribution in [2.75, 3.05) is 6.79 Å². The highest BCUT2D eigenvalue weighted by Gasteiger charge is 2.27. The maximum Gasteiger partial charge on any atom is 0.354 e. The summed E-state index contributed by atoms with van der Waals surface area (Å²) in [5, 5.41) is 0. The average Bonchev–Trinajstić information content (AvgIpc) is 2.33. The van der Waals surface area contributed by atoms with E-state index in [9.17, 15) is 14.2 Å². The fourth-order valence-corrected chi connectivity index (χ4v) is 2.16. The monoisotopic (exact) mass is 308 g/mol. The predicted octanol–water partition coefficient (Wildman–Crippen LogP) is -0.293. The molecule has 1 heterocycles. The maximum absolute atomic E-state index is 11.4. The Kier molecular flexibility index (Phi) is 5.85. The third-order valence-corrected chi connectivity index (χ3v) is 3.75. The summed E-state index contributed by atoms with van der Waals surface area (Å²) in [7, 11) is -4.33. The number of H-pyrrole nitrogens is 1. The van der Waals surface area contributed by atoms with Crippen molar-refractivity contribution in [3.63, 3.8) is 0 Å². The average molecular weight is 308 g/mol. The van der Waals surface area contributed by atoms with Gasteiger partial charge in [0.25, 0.3) is 5.56 Å². The summed E-state index contributed by atoms with van der Waals surface area (Å²) in [4.78, 5) is 42.5. The second-order valence-corrected chi connectivity index (χ2v) is 5.87. The van der Waals surface area contributed by atoms with Crippen LogP contribution in [0.5, 0.6) is 0 Å². The standard InChI is InChI=1S/C10H17N2O7P/c1-3-8(20(15,16)17)19-6-18-5-12-4-7(2)9(13)11-10(12)14/h4,8H,3,5-6H2,1-2H3,(H,11,13,14)(H2,15,16,17). The quantitative estimate of drug-likeness (QED) is 0.358. The summed E-state index contributed by atoms with van der Waals surface area (Å²) in [5.41, 5.74) is -0.770. The van der Waals surface area contributed by atoms with Crippen LogP contribution < -0.4 is 11.2 Å². The molecule has 114 valence electrons. The molecule has 1 atom stereocenters. The first-order valence-corrected chi connectivity index (χ1v) is 7.48. The van der Waals surface area contributed by atoms with Gasteiger partial charge in [0.05, 0.1) is 0 Å². The smallest absolute Gasteiger partial charge is 0.339 e. The molecule has 9 nitrogen and oxygen atoms in total. The summed E-state index contributed by atoms with van der Waals surface area (Å²) in [6.45, 7) is 2.52. The lowest BCUT2D eigenvalue weighted by atomic mass is 10.4. The summed E-state index contributed by atoms with van der Waals surface area (Å²) in [6.07, 6.45) is 1.45. The number of aromatic amines is 1. The topological polar surface area (TPSA) is 131 Å². The van der Waals surface area contributed by atoms with Gasteiger partial charge in [0.1, 0.15) is 13.5 Å². The van der Waals surface area contributed by atoms with Crippen LogP contribution >= 0.6 is 7.60 Å². The summed E-state index contributed by atoms with van der Waals surface area (Å²) in [5.74, 6) is -1.24. The van der Waals surface area contributed by atoms with Gasteiger partial charge in [-0.3, -0.25) is 18.9 Å². The van der Waals surface area contributed by atoms with Gasteiger partial charge in [0.2, 0.25) is 0 Å². The largest absolute Gasteiger partial charge is 0.354 e. The Morgan fingerprint density at radius 2 is 2.10 bits per heavy atom. The lowest BCUT2D eigenvalue weighted by Crippen LogP contribution is -2.31. The van der Waals surface area contributed by atoms with Crippen LogP contribution in [0, 0.1) is 6.92 Å². The molecular weight excluding hydrogens is 291 g/mol. The van der Waals surface area contributed by atoms with Gasteiger partial charge >= 0.3 is 13.3 Å². The summed E-state index contributed by atoms with van der Waals surface area (Å²) in [6, 6.07) is 0. The molecule has 0 saturated heterocycles. The minimum absolute atomic E-state index is 0.130. The zero-order valence-corrected chi connectivity index (χ0v) is 12.0. The van der Waals surface area contributed by atoms with Crippen molar-refractivity contribution in [2.24, 2.45) is 0 Å². The lowest BCUT2D eigenvalue weighted by Gasteiger charge is -2.17. The molecule has 20 heavy (non-hydrogen) atoms. The Balaban J connectivity index is 2.54. The van der Waals surface area contributed by atoms with Crippen molar-refractivity contribution in [2.45, 2.75) is 32.8 Å². The second kappa shape index (κ2) is 6.96. The van der Waals surface area contributed by atoms with Crippen LogP contribution in [0.25, 0.3) is 0 Å². The highest BCUT2D eigenvalue weighted by atomic mass is 31.2. The molecule has 0 aliphatic carbocycles. The summed E-state index contributed by atoms with van der Waals surface area (Å²) >= 11 is 0. The van der Waals surface area contributed by atoms with Gasteiger partial charge in [-0.2, -0.15) is 0 Å². The maximum atomic E-state index is 11.4. The van der Waals surface area contributed by atoms with Crippen molar-refractivity contribution in [1.82, 2.24) is 9.55 Å². The SMILES string of the molecule is CCC(OCOCn1cc(C)c(=O)[nH]c1=O)P(=O)(O)O. The first-order chi connectivity index (χ1) is 9.25. The minimum atomic E-state index is -4.33. The van der Waals surface area contributed by atoms with Gasteiger partial charge < -0.3 is 19.3 Å². The highest BCUT2D eigenvalue weighted by molar-refractivity contribution is 7.52. The van der Waals surface area contributed by atoms with Gasteiger partial charge in [-0.1, -0.05) is 6.92 Å². The fourth-order valence-electron chi connectivity index (χ4n) is 1.43. The molecule has 0 amide bonds. The van der Waals surface area contributed by atoms with E-state index in [4.69, 9.17) is 19.3 Å². The van der Waals surface area contributed by atoms with Gasteiger partial charge in [-0.25, -0.2) is 4.79 Å². The minimum Gasteiger partial charge on any atom is -0.339 e. The van der Waals surface area contributed by atoms with Crippen molar-refractivity contribution in [3.8, 4) is 0 Å². The fraction of sp³-hybridized carbons (Fsp3) is 0.600. The molecule has 0 aliphatic heterocycles. The van der Waals surface area contributed by atoms with Crippen molar-refractivity contribution < 1.29 is 23.8 Å². The van der Waals surface area contributed by atoms with Crippen molar-refractivity contribution in [1.29, 1.82) is 0 Å². The van der Waals surface area contributed by atoms with Crippen LogP contribution in [0.2, 0.25) is 0 Å². The number of hydrogen-bond donors (Lipinski definition) is 3. The van der Waals surface area contributed by atoms with E-state index in [-0.39, 0.29) is 19.9 Å². The molecule has 10 heteroatoms. The van der Waals surface area contributed by atoms with E-state index in [0.29, 0.717) is 5.56 Å². The van der Waals surface area contributed by atoms with E-state index >= 15 is 0 Å². The Morgan fingerprint density at radius 1 is 1.45 bits per heavy atom. The summed E-state index contributed by atoms with van der Waals surface area (Å²) < 4.78 is 22.0. The van der Waals surface area contributed by atoms with Crippen molar-refractivity contribution in [3.05, 3.63) is 32.6 Å². The molecule has 0 radical (unpaired) electrons. The van der Waals surface area contributed by atoms with Crippen LogP contribution in [-0.4, -0.2) is 32.0 Å². The second-order valence-electron chi connectivity index (χ2n) is 4.11. The zero-order chi connectivity index (χ0) is 15.3. The molecule has 3 N–H and O–H groups in total. The van der Waals surface area contributed by atoms with Crippen LogP contribution in [0.1, 0.15) is 18.9 Å². The van der Waals surface area contributed by atoms with Crippen molar-refractivity contribution >= 4 is 7.60 Å². The molecule has 1 unspecified atom stereocenters. The van der Waals surface area contributed by atoms with Gasteiger partial charge in [0, 0.05) is 11.8 Å². The van der Waals surface area contributed by atoms with Crippen LogP contribution in [0.3, 0.4) is 0 Å². The number of nitrogens with one attached hydrogen (secondary N) is 1. The number of ether oxygens (including phenoxy) is 2. The van der Waals surface area contributed by atoms with Crippen LogP contribution in [-0.2, 0) is 20.8 Å². The van der Waals surface area contributed by atoms with Crippen LogP contribution in [0.4, 0.5) is 0 Å². The highest BCUT2D eigenvalue weighted by Crippen LogP contribution is 2.43. The molecular formula is C10H17N2O7P. The lowest BCUT2D eigenvalue weighted by molar-refractivity contribution is -0.0952. The molecule has 1 aromatic heterocycles. The van der Waals surface area contributed by atoms with Gasteiger partial charge in [0.15, 0.2) is 5.85 Å². The number of aryl methyl sites for hydroxylation is 1. The first-order valence-electron chi connectivity index (χ1n) is 5.80. The third kappa shape index (κ3) is 4.69. The first kappa shape index (κ1) is 16.8. The van der Waals surface area contributed by atoms with E-state index < -0.39 is 24.7 Å². The number of nitrogens with zero attached hydrogens (tertiary/aromatic N) is 1. The Hall–Kier alpha value is -1.25. The number of hydrogen-bond acceptors (Lipinski definition) is 5. The number of rotatable bonds is 7. The van der Waals surface area contributed by atoms with E-state index in [0.717, 1.165) is 4.57 Å². The predicted molar refractivity (Wildman–Crippen MR) is 69.2 cm³/mol. The number of aromatic nitrogens is 2. The van der Waals surface area contributed by atoms with Gasteiger partial charge in [-0.15, -0.1) is 0 Å². The van der Waals surface area contributed by atoms with Crippen LogP contribution in [0.15, 0.2) is 15.8 Å². The molecule has 0 aromatic carbocycles. The molecule has 0 saturated carbocycles. The third-order valence-electron chi connectivity index (χ3n) is 2.49. The zero-order valence-electron chi connectivity index (χ0n) is 11.1. The molecule has 1 aromatic rings. The van der Waals surface area contributed by atoms with E-state index in [1.165, 1.54) is 13.1 Å². The molecule has 0 aliphatic rings. The van der Waals surface area contributed by atoms with Gasteiger partial charge in [-0.05, 0) is 13.3 Å².